The van der Waals surface area contributed by atoms with Gasteiger partial charge < -0.3 is 23.7 Å². The molecule has 0 atom stereocenters. The Morgan fingerprint density at radius 1 is 0.947 bits per heavy atom. The molecule has 2 amide bonds. The number of ether oxygens (including phenoxy) is 2. The summed E-state index contributed by atoms with van der Waals surface area (Å²) in [7, 11) is 0. The van der Waals surface area contributed by atoms with E-state index in [-0.39, 0.29) is 43.9 Å². The average Bonchev–Trinajstić information content (AvgIpc) is 3.45. The Kier molecular flexibility index (Phi) is 10.1. The summed E-state index contributed by atoms with van der Waals surface area (Å²) < 4.78 is 30.0. The number of rotatable bonds is 12. The lowest BCUT2D eigenvalue weighted by Gasteiger charge is -2.31. The summed E-state index contributed by atoms with van der Waals surface area (Å²) in [5.41, 5.74) is 0.767. The summed E-state index contributed by atoms with van der Waals surface area (Å²) >= 11 is 5.93. The Balaban J connectivity index is 1.45. The van der Waals surface area contributed by atoms with Gasteiger partial charge in [-0.3, -0.25) is 14.5 Å². The second-order valence-electron chi connectivity index (χ2n) is 8.97. The molecule has 0 spiro atoms. The van der Waals surface area contributed by atoms with Crippen molar-refractivity contribution in [2.75, 3.05) is 52.5 Å². The number of hydrogen-bond donors (Lipinski definition) is 0. The third-order valence-corrected chi connectivity index (χ3v) is 6.46. The van der Waals surface area contributed by atoms with Gasteiger partial charge >= 0.3 is 0 Å². The highest BCUT2D eigenvalue weighted by Crippen LogP contribution is 2.16. The number of halogens is 2. The molecule has 38 heavy (non-hydrogen) atoms. The van der Waals surface area contributed by atoms with Crippen LogP contribution in [0.3, 0.4) is 0 Å². The molecule has 0 N–H and O–H groups in total. The standard InChI is InChI=1S/C28H31ClFN3O5/c29-23-5-9-25(10-6-23)38-21-28(35)32(12-11-31-13-16-36-17-14-31)20-27(34)33(19-26-2-1-15-37-26)18-22-3-7-24(30)8-4-22/h1-10,15H,11-14,16-21H2. The van der Waals surface area contributed by atoms with Crippen molar-refractivity contribution in [3.8, 4) is 5.75 Å². The molecule has 4 rings (SSSR count). The van der Waals surface area contributed by atoms with E-state index in [1.165, 1.54) is 17.0 Å². The number of carbonyl (C=O) groups is 2. The first-order chi connectivity index (χ1) is 18.5. The molecule has 1 saturated heterocycles. The van der Waals surface area contributed by atoms with E-state index < -0.39 is 0 Å². The molecule has 1 aliphatic rings. The zero-order valence-corrected chi connectivity index (χ0v) is 21.8. The second-order valence-corrected chi connectivity index (χ2v) is 9.40. The van der Waals surface area contributed by atoms with Crippen molar-refractivity contribution in [3.63, 3.8) is 0 Å². The van der Waals surface area contributed by atoms with Gasteiger partial charge in [0.1, 0.15) is 17.3 Å². The van der Waals surface area contributed by atoms with Crippen LogP contribution < -0.4 is 4.74 Å². The van der Waals surface area contributed by atoms with Crippen molar-refractivity contribution < 1.29 is 27.9 Å². The van der Waals surface area contributed by atoms with Gasteiger partial charge in [-0.15, -0.1) is 0 Å². The first-order valence-corrected chi connectivity index (χ1v) is 12.8. The largest absolute Gasteiger partial charge is 0.484 e. The van der Waals surface area contributed by atoms with E-state index >= 15 is 0 Å². The van der Waals surface area contributed by atoms with Crippen molar-refractivity contribution in [2.24, 2.45) is 0 Å². The molecule has 0 aliphatic carbocycles. The number of morpholine rings is 1. The van der Waals surface area contributed by atoms with Crippen LogP contribution in [0.4, 0.5) is 4.39 Å². The maximum atomic E-state index is 13.5. The Hall–Kier alpha value is -3.40. The summed E-state index contributed by atoms with van der Waals surface area (Å²) in [4.78, 5) is 32.1. The van der Waals surface area contributed by atoms with Gasteiger partial charge in [0.05, 0.1) is 32.6 Å². The van der Waals surface area contributed by atoms with Gasteiger partial charge in [0.25, 0.3) is 5.91 Å². The van der Waals surface area contributed by atoms with Crippen LogP contribution in [-0.4, -0.2) is 79.1 Å². The molecule has 8 nitrogen and oxygen atoms in total. The van der Waals surface area contributed by atoms with Gasteiger partial charge in [0.2, 0.25) is 5.91 Å². The lowest BCUT2D eigenvalue weighted by molar-refractivity contribution is -0.142. The van der Waals surface area contributed by atoms with Gasteiger partial charge in [0.15, 0.2) is 6.61 Å². The summed E-state index contributed by atoms with van der Waals surface area (Å²) in [6.45, 7) is 3.91. The van der Waals surface area contributed by atoms with E-state index in [0.29, 0.717) is 42.8 Å². The normalized spacial score (nSPS) is 13.7. The SMILES string of the molecule is O=C(COc1ccc(Cl)cc1)N(CCN1CCOCC1)CC(=O)N(Cc1ccc(F)cc1)Cc1ccco1. The average molecular weight is 544 g/mol. The minimum Gasteiger partial charge on any atom is -0.484 e. The van der Waals surface area contributed by atoms with Crippen LogP contribution in [0.5, 0.6) is 5.75 Å². The predicted octanol–water partition coefficient (Wildman–Crippen LogP) is 3.84. The Labute approximate surface area is 226 Å². The van der Waals surface area contributed by atoms with Crippen molar-refractivity contribution in [3.05, 3.63) is 89.1 Å². The van der Waals surface area contributed by atoms with E-state index in [4.69, 9.17) is 25.5 Å². The van der Waals surface area contributed by atoms with Crippen LogP contribution in [0.1, 0.15) is 11.3 Å². The molecule has 0 bridgehead atoms. The fourth-order valence-corrected chi connectivity index (χ4v) is 4.17. The summed E-state index contributed by atoms with van der Waals surface area (Å²) in [5, 5.41) is 0.569. The summed E-state index contributed by atoms with van der Waals surface area (Å²) in [5.74, 6) is 0.211. The summed E-state index contributed by atoms with van der Waals surface area (Å²) in [6.07, 6.45) is 1.54. The highest BCUT2D eigenvalue weighted by molar-refractivity contribution is 6.30. The zero-order chi connectivity index (χ0) is 26.7. The Bertz CT molecular complexity index is 1150. The molecule has 0 unspecified atom stereocenters. The van der Waals surface area contributed by atoms with Gasteiger partial charge in [-0.1, -0.05) is 23.7 Å². The van der Waals surface area contributed by atoms with Gasteiger partial charge in [-0.2, -0.15) is 0 Å². The fourth-order valence-electron chi connectivity index (χ4n) is 4.04. The molecule has 1 fully saturated rings. The molecule has 0 saturated carbocycles. The monoisotopic (exact) mass is 543 g/mol. The van der Waals surface area contributed by atoms with Crippen molar-refractivity contribution >= 4 is 23.4 Å². The third-order valence-electron chi connectivity index (χ3n) is 6.21. The molecule has 202 valence electrons. The smallest absolute Gasteiger partial charge is 0.261 e. The van der Waals surface area contributed by atoms with Crippen LogP contribution in [0.15, 0.2) is 71.3 Å². The highest BCUT2D eigenvalue weighted by atomic mass is 35.5. The number of amides is 2. The van der Waals surface area contributed by atoms with E-state index in [0.717, 1.165) is 18.7 Å². The highest BCUT2D eigenvalue weighted by Gasteiger charge is 2.24. The van der Waals surface area contributed by atoms with Gasteiger partial charge in [-0.25, -0.2) is 4.39 Å². The molecular weight excluding hydrogens is 513 g/mol. The molecule has 2 aromatic carbocycles. The molecule has 1 aliphatic heterocycles. The maximum Gasteiger partial charge on any atom is 0.261 e. The van der Waals surface area contributed by atoms with E-state index in [9.17, 15) is 14.0 Å². The van der Waals surface area contributed by atoms with Crippen LogP contribution in [0.25, 0.3) is 0 Å². The van der Waals surface area contributed by atoms with Crippen LogP contribution in [0.2, 0.25) is 5.02 Å². The third kappa shape index (κ3) is 8.58. The number of benzene rings is 2. The lowest BCUT2D eigenvalue weighted by atomic mass is 10.2. The summed E-state index contributed by atoms with van der Waals surface area (Å²) in [6, 6.07) is 16.3. The molecule has 2 heterocycles. The quantitative estimate of drug-likeness (QED) is 0.345. The van der Waals surface area contributed by atoms with Crippen LogP contribution in [0, 0.1) is 5.82 Å². The number of nitrogens with zero attached hydrogens (tertiary/aromatic N) is 3. The fraction of sp³-hybridized carbons (Fsp3) is 0.357. The maximum absolute atomic E-state index is 13.5. The molecule has 0 radical (unpaired) electrons. The number of furan rings is 1. The minimum absolute atomic E-state index is 0.130. The Morgan fingerprint density at radius 3 is 2.37 bits per heavy atom. The first-order valence-electron chi connectivity index (χ1n) is 12.5. The van der Waals surface area contributed by atoms with Crippen molar-refractivity contribution in [2.45, 2.75) is 13.1 Å². The van der Waals surface area contributed by atoms with Crippen LogP contribution in [-0.2, 0) is 27.4 Å². The van der Waals surface area contributed by atoms with E-state index in [1.54, 1.807) is 59.7 Å². The second kappa shape index (κ2) is 13.9. The van der Waals surface area contributed by atoms with E-state index in [2.05, 4.69) is 4.90 Å². The molecular formula is C28H31ClFN3O5. The van der Waals surface area contributed by atoms with Gasteiger partial charge in [0, 0.05) is 37.7 Å². The van der Waals surface area contributed by atoms with Crippen molar-refractivity contribution in [1.29, 1.82) is 0 Å². The molecule has 3 aromatic rings. The topological polar surface area (TPSA) is 75.5 Å². The number of hydrogen-bond acceptors (Lipinski definition) is 6. The minimum atomic E-state index is -0.349. The molecule has 1 aromatic heterocycles. The van der Waals surface area contributed by atoms with Crippen LogP contribution >= 0.6 is 11.6 Å². The first kappa shape index (κ1) is 27.6. The predicted molar refractivity (Wildman–Crippen MR) is 140 cm³/mol. The zero-order valence-electron chi connectivity index (χ0n) is 21.1. The van der Waals surface area contributed by atoms with Crippen molar-refractivity contribution in [1.82, 2.24) is 14.7 Å². The number of carbonyl (C=O) groups excluding carboxylic acids is 2. The van der Waals surface area contributed by atoms with Gasteiger partial charge in [-0.05, 0) is 54.1 Å². The Morgan fingerprint density at radius 2 is 1.68 bits per heavy atom. The molecule has 10 heteroatoms. The lowest BCUT2D eigenvalue weighted by Crippen LogP contribution is -2.48. The van der Waals surface area contributed by atoms with E-state index in [1.807, 2.05) is 0 Å².